The van der Waals surface area contributed by atoms with Gasteiger partial charge in [0.15, 0.2) is 0 Å². The van der Waals surface area contributed by atoms with Gasteiger partial charge in [-0.25, -0.2) is 0 Å². The number of nitrogens with zero attached hydrogens (tertiary/aromatic N) is 1. The maximum Gasteiger partial charge on any atom is 0.122 e. The Kier molecular flexibility index (Phi) is 3.91. The summed E-state index contributed by atoms with van der Waals surface area (Å²) in [6, 6.07) is 6.45. The zero-order valence-electron chi connectivity index (χ0n) is 13.2. The Labute approximate surface area is 117 Å². The van der Waals surface area contributed by atoms with Crippen LogP contribution in [0.25, 0.3) is 0 Å². The van der Waals surface area contributed by atoms with Crippen molar-refractivity contribution >= 4 is 0 Å². The van der Waals surface area contributed by atoms with E-state index in [-0.39, 0.29) is 5.54 Å². The second-order valence-corrected chi connectivity index (χ2v) is 6.58. The summed E-state index contributed by atoms with van der Waals surface area (Å²) >= 11 is 0. The van der Waals surface area contributed by atoms with Crippen molar-refractivity contribution in [3.63, 3.8) is 0 Å². The van der Waals surface area contributed by atoms with E-state index in [0.717, 1.165) is 18.7 Å². The smallest absolute Gasteiger partial charge is 0.122 e. The number of ether oxygens (including phenoxy) is 1. The Hall–Kier alpha value is -1.02. The van der Waals surface area contributed by atoms with E-state index < -0.39 is 0 Å². The summed E-state index contributed by atoms with van der Waals surface area (Å²) in [6.07, 6.45) is 1.42. The maximum atomic E-state index is 6.34. The third kappa shape index (κ3) is 2.79. The van der Waals surface area contributed by atoms with Crippen LogP contribution in [0.4, 0.5) is 0 Å². The third-order valence-corrected chi connectivity index (χ3v) is 5.03. The van der Waals surface area contributed by atoms with E-state index in [4.69, 9.17) is 4.74 Å². The Bertz CT molecular complexity index is 453. The van der Waals surface area contributed by atoms with Gasteiger partial charge in [-0.1, -0.05) is 19.1 Å². The highest BCUT2D eigenvalue weighted by molar-refractivity contribution is 5.36. The molecule has 1 heterocycles. The quantitative estimate of drug-likeness (QED) is 0.803. The van der Waals surface area contributed by atoms with Crippen molar-refractivity contribution in [2.24, 2.45) is 5.92 Å². The molecule has 2 nitrogen and oxygen atoms in total. The highest BCUT2D eigenvalue weighted by Crippen LogP contribution is 2.35. The summed E-state index contributed by atoms with van der Waals surface area (Å²) in [5, 5.41) is 0. The van der Waals surface area contributed by atoms with E-state index in [0.29, 0.717) is 12.0 Å². The minimum atomic E-state index is 0.195. The molecule has 0 aromatic heterocycles. The number of aryl methyl sites for hydroxylation is 2. The zero-order valence-corrected chi connectivity index (χ0v) is 13.2. The fourth-order valence-electron chi connectivity index (χ4n) is 2.82. The third-order valence-electron chi connectivity index (χ3n) is 5.03. The van der Waals surface area contributed by atoms with Crippen LogP contribution in [-0.4, -0.2) is 30.1 Å². The summed E-state index contributed by atoms with van der Waals surface area (Å²) < 4.78 is 6.34. The molecule has 1 aliphatic rings. The molecule has 0 radical (unpaired) electrons. The number of likely N-dealkylation sites (tertiary alicyclic amines) is 1. The van der Waals surface area contributed by atoms with Crippen molar-refractivity contribution in [3.05, 3.63) is 29.3 Å². The second-order valence-electron chi connectivity index (χ2n) is 6.58. The highest BCUT2D eigenvalue weighted by atomic mass is 16.5. The molecule has 1 fully saturated rings. The minimum Gasteiger partial charge on any atom is -0.490 e. The van der Waals surface area contributed by atoms with Gasteiger partial charge < -0.3 is 9.64 Å². The average molecular weight is 261 g/mol. The first-order chi connectivity index (χ1) is 8.82. The van der Waals surface area contributed by atoms with Crippen LogP contribution in [0, 0.1) is 19.8 Å². The number of benzene rings is 1. The Morgan fingerprint density at radius 1 is 1.26 bits per heavy atom. The number of piperidine rings is 1. The molecule has 0 aliphatic carbocycles. The van der Waals surface area contributed by atoms with Gasteiger partial charge in [0, 0.05) is 18.0 Å². The lowest BCUT2D eigenvalue weighted by Crippen LogP contribution is -2.56. The van der Waals surface area contributed by atoms with Crippen molar-refractivity contribution in [1.82, 2.24) is 4.90 Å². The van der Waals surface area contributed by atoms with Crippen LogP contribution in [-0.2, 0) is 0 Å². The zero-order chi connectivity index (χ0) is 14.2. The van der Waals surface area contributed by atoms with Gasteiger partial charge >= 0.3 is 0 Å². The molecule has 1 aromatic carbocycles. The van der Waals surface area contributed by atoms with Crippen molar-refractivity contribution in [1.29, 1.82) is 0 Å². The van der Waals surface area contributed by atoms with Crippen LogP contribution in [0.5, 0.6) is 5.75 Å². The van der Waals surface area contributed by atoms with Crippen LogP contribution in [0.3, 0.4) is 0 Å². The van der Waals surface area contributed by atoms with Gasteiger partial charge in [-0.15, -0.1) is 0 Å². The predicted molar refractivity (Wildman–Crippen MR) is 80.8 cm³/mol. The van der Waals surface area contributed by atoms with Crippen LogP contribution in [0.2, 0.25) is 0 Å². The van der Waals surface area contributed by atoms with Gasteiger partial charge in [-0.05, 0) is 58.4 Å². The fourth-order valence-corrected chi connectivity index (χ4v) is 2.82. The molecule has 2 heteroatoms. The molecule has 0 bridgehead atoms. The molecular weight excluding hydrogens is 234 g/mol. The molecule has 2 rings (SSSR count). The molecule has 19 heavy (non-hydrogen) atoms. The topological polar surface area (TPSA) is 12.5 Å². The second kappa shape index (κ2) is 5.16. The first-order valence-electron chi connectivity index (χ1n) is 7.27. The molecule has 0 amide bonds. The van der Waals surface area contributed by atoms with E-state index in [9.17, 15) is 0 Å². The van der Waals surface area contributed by atoms with Crippen LogP contribution in [0.1, 0.15) is 38.3 Å². The van der Waals surface area contributed by atoms with Gasteiger partial charge in [0.25, 0.3) is 0 Å². The lowest BCUT2D eigenvalue weighted by atomic mass is 9.78. The molecule has 2 unspecified atom stereocenters. The lowest BCUT2D eigenvalue weighted by Gasteiger charge is -2.48. The first-order valence-corrected chi connectivity index (χ1v) is 7.27. The van der Waals surface area contributed by atoms with Crippen molar-refractivity contribution in [2.75, 3.05) is 13.6 Å². The van der Waals surface area contributed by atoms with Gasteiger partial charge in [0.1, 0.15) is 11.9 Å². The average Bonchev–Trinajstić information content (AvgIpc) is 2.35. The normalized spacial score (nSPS) is 27.3. The summed E-state index contributed by atoms with van der Waals surface area (Å²) in [4.78, 5) is 2.45. The van der Waals surface area contributed by atoms with Crippen molar-refractivity contribution in [3.8, 4) is 5.75 Å². The van der Waals surface area contributed by atoms with Crippen LogP contribution < -0.4 is 4.74 Å². The first kappa shape index (κ1) is 14.4. The lowest BCUT2D eigenvalue weighted by molar-refractivity contribution is -0.0284. The predicted octanol–water partition coefficient (Wildman–Crippen LogP) is 3.80. The molecule has 2 atom stereocenters. The largest absolute Gasteiger partial charge is 0.490 e. The van der Waals surface area contributed by atoms with Crippen LogP contribution in [0.15, 0.2) is 18.2 Å². The van der Waals surface area contributed by atoms with Gasteiger partial charge in [0.2, 0.25) is 0 Å². The monoisotopic (exact) mass is 261 g/mol. The Morgan fingerprint density at radius 2 is 1.95 bits per heavy atom. The number of hydrogen-bond donors (Lipinski definition) is 0. The van der Waals surface area contributed by atoms with E-state index in [1.54, 1.807) is 0 Å². The summed E-state index contributed by atoms with van der Waals surface area (Å²) in [7, 11) is 2.21. The Morgan fingerprint density at radius 3 is 2.63 bits per heavy atom. The molecular formula is C17H27NO. The Balaban J connectivity index is 2.17. The molecule has 0 N–H and O–H groups in total. The van der Waals surface area contributed by atoms with Gasteiger partial charge in [-0.2, -0.15) is 0 Å². The molecule has 0 spiro atoms. The van der Waals surface area contributed by atoms with Crippen LogP contribution >= 0.6 is 0 Å². The van der Waals surface area contributed by atoms with E-state index in [1.165, 1.54) is 11.1 Å². The minimum absolute atomic E-state index is 0.195. The molecule has 1 aromatic rings. The number of rotatable bonds is 2. The molecule has 1 saturated heterocycles. The van der Waals surface area contributed by atoms with E-state index in [1.807, 2.05) is 0 Å². The SMILES string of the molecule is Cc1ccc(C)c(OC2CCN(C)C(C)(C)C2C)c1. The van der Waals surface area contributed by atoms with Gasteiger partial charge in [-0.3, -0.25) is 0 Å². The molecule has 0 saturated carbocycles. The van der Waals surface area contributed by atoms with E-state index >= 15 is 0 Å². The maximum absolute atomic E-state index is 6.34. The number of hydrogen-bond acceptors (Lipinski definition) is 2. The van der Waals surface area contributed by atoms with Crippen molar-refractivity contribution < 1.29 is 4.74 Å². The van der Waals surface area contributed by atoms with Gasteiger partial charge in [0.05, 0.1) is 0 Å². The highest BCUT2D eigenvalue weighted by Gasteiger charge is 2.40. The summed E-state index contributed by atoms with van der Waals surface area (Å²) in [5.41, 5.74) is 2.69. The summed E-state index contributed by atoms with van der Waals surface area (Å²) in [6.45, 7) is 12.3. The molecule has 106 valence electrons. The van der Waals surface area contributed by atoms with E-state index in [2.05, 4.69) is 64.8 Å². The molecule has 1 aliphatic heterocycles. The fraction of sp³-hybridized carbons (Fsp3) is 0.647. The van der Waals surface area contributed by atoms with Crippen molar-refractivity contribution in [2.45, 2.75) is 52.7 Å². The summed E-state index contributed by atoms with van der Waals surface area (Å²) in [5.74, 6) is 1.57. The standard InChI is InChI=1S/C17H27NO/c1-12-7-8-13(2)16(11-12)19-15-9-10-18(6)17(4,5)14(15)3/h7-8,11,14-15H,9-10H2,1-6H3.